The Morgan fingerprint density at radius 3 is 2.58 bits per heavy atom. The van der Waals surface area contributed by atoms with Gasteiger partial charge in [-0.05, 0) is 38.0 Å². The summed E-state index contributed by atoms with van der Waals surface area (Å²) in [5, 5.41) is 28.8. The first kappa shape index (κ1) is 20.6. The van der Waals surface area contributed by atoms with Gasteiger partial charge >= 0.3 is 11.7 Å². The first-order valence-corrected chi connectivity index (χ1v) is 9.88. The quantitative estimate of drug-likeness (QED) is 0.423. The van der Waals surface area contributed by atoms with Gasteiger partial charge in [0.2, 0.25) is 5.88 Å². The van der Waals surface area contributed by atoms with Crippen LogP contribution in [0.5, 0.6) is 5.88 Å². The maximum atomic E-state index is 12.0. The predicted octanol–water partition coefficient (Wildman–Crippen LogP) is 2.79. The molecule has 1 atom stereocenters. The summed E-state index contributed by atoms with van der Waals surface area (Å²) in [6.45, 7) is 0.401. The SMILES string of the molecule is O=C(O)CCCCCCc1c(O)[nH]c(=O)n1CCC(O)CC1CCCC1. The normalized spacial score (nSPS) is 16.2. The molecular weight excluding hydrogens is 336 g/mol. The second-order valence-electron chi connectivity index (χ2n) is 7.51. The molecule has 1 fully saturated rings. The Hall–Kier alpha value is -1.76. The van der Waals surface area contributed by atoms with E-state index in [-0.39, 0.29) is 18.0 Å². The van der Waals surface area contributed by atoms with Crippen molar-refractivity contribution in [1.29, 1.82) is 0 Å². The maximum Gasteiger partial charge on any atom is 0.328 e. The van der Waals surface area contributed by atoms with Gasteiger partial charge in [0, 0.05) is 13.0 Å². The van der Waals surface area contributed by atoms with E-state index in [0.29, 0.717) is 37.4 Å². The zero-order valence-corrected chi connectivity index (χ0v) is 15.5. The van der Waals surface area contributed by atoms with E-state index >= 15 is 0 Å². The van der Waals surface area contributed by atoms with E-state index in [0.717, 1.165) is 25.7 Å². The number of H-pyrrole nitrogens is 1. The molecule has 148 valence electrons. The van der Waals surface area contributed by atoms with Gasteiger partial charge in [-0.3, -0.25) is 14.3 Å². The molecule has 0 bridgehead atoms. The first-order chi connectivity index (χ1) is 12.5. The van der Waals surface area contributed by atoms with E-state index in [1.54, 1.807) is 0 Å². The third kappa shape index (κ3) is 6.52. The van der Waals surface area contributed by atoms with E-state index in [1.165, 1.54) is 30.3 Å². The Labute approximate surface area is 154 Å². The molecule has 1 aliphatic rings. The van der Waals surface area contributed by atoms with E-state index < -0.39 is 12.1 Å². The van der Waals surface area contributed by atoms with Crippen molar-refractivity contribution in [1.82, 2.24) is 9.55 Å². The van der Waals surface area contributed by atoms with Crippen LogP contribution in [0.4, 0.5) is 0 Å². The van der Waals surface area contributed by atoms with Crippen LogP contribution in [-0.2, 0) is 17.8 Å². The zero-order valence-electron chi connectivity index (χ0n) is 15.5. The molecule has 2 rings (SSSR count). The second kappa shape index (κ2) is 10.4. The number of nitrogens with one attached hydrogen (secondary N) is 1. The van der Waals surface area contributed by atoms with Crippen molar-refractivity contribution in [2.45, 2.75) is 89.7 Å². The highest BCUT2D eigenvalue weighted by molar-refractivity contribution is 5.66. The minimum absolute atomic E-state index is 0.0918. The lowest BCUT2D eigenvalue weighted by atomic mass is 9.98. The molecule has 0 aliphatic heterocycles. The molecule has 1 aromatic rings. The van der Waals surface area contributed by atoms with Crippen LogP contribution in [0.3, 0.4) is 0 Å². The fourth-order valence-electron chi connectivity index (χ4n) is 3.93. The third-order valence-electron chi connectivity index (χ3n) is 5.39. The van der Waals surface area contributed by atoms with E-state index in [4.69, 9.17) is 5.11 Å². The van der Waals surface area contributed by atoms with Crippen LogP contribution in [0, 0.1) is 5.92 Å². The van der Waals surface area contributed by atoms with Gasteiger partial charge in [0.15, 0.2) is 0 Å². The van der Waals surface area contributed by atoms with E-state index in [2.05, 4.69) is 4.98 Å². The minimum Gasteiger partial charge on any atom is -0.493 e. The number of carbonyl (C=O) groups is 1. The van der Waals surface area contributed by atoms with Gasteiger partial charge < -0.3 is 15.3 Å². The number of carboxylic acids is 1. The average molecular weight is 368 g/mol. The standard InChI is InChI=1S/C19H32N2O5/c22-15(13-14-7-5-6-8-14)11-12-21-16(18(25)20-19(21)26)9-3-1-2-4-10-17(23)24/h14-15,22,25H,1-13H2,(H,20,26)(H,23,24). The molecule has 1 aromatic heterocycles. The largest absolute Gasteiger partial charge is 0.493 e. The summed E-state index contributed by atoms with van der Waals surface area (Å²) in [4.78, 5) is 25.0. The highest BCUT2D eigenvalue weighted by Gasteiger charge is 2.20. The third-order valence-corrected chi connectivity index (χ3v) is 5.39. The number of aliphatic carboxylic acids is 1. The van der Waals surface area contributed by atoms with Crippen molar-refractivity contribution in [3.63, 3.8) is 0 Å². The Kier molecular flexibility index (Phi) is 8.22. The molecule has 26 heavy (non-hydrogen) atoms. The molecule has 0 radical (unpaired) electrons. The van der Waals surface area contributed by atoms with Crippen LogP contribution in [0.1, 0.15) is 76.3 Å². The molecule has 7 heteroatoms. The monoisotopic (exact) mass is 368 g/mol. The number of aromatic amines is 1. The Balaban J connectivity index is 1.78. The Morgan fingerprint density at radius 1 is 1.19 bits per heavy atom. The molecule has 1 unspecified atom stereocenters. The molecule has 7 nitrogen and oxygen atoms in total. The van der Waals surface area contributed by atoms with Crippen LogP contribution in [0.2, 0.25) is 0 Å². The fourth-order valence-corrected chi connectivity index (χ4v) is 3.93. The molecule has 1 heterocycles. The lowest BCUT2D eigenvalue weighted by Crippen LogP contribution is -2.23. The van der Waals surface area contributed by atoms with Gasteiger partial charge in [0.05, 0.1) is 11.8 Å². The topological polar surface area (TPSA) is 116 Å². The molecule has 1 aliphatic carbocycles. The van der Waals surface area contributed by atoms with Crippen LogP contribution < -0.4 is 5.69 Å². The molecule has 0 aromatic carbocycles. The number of imidazole rings is 1. The van der Waals surface area contributed by atoms with E-state index in [1.807, 2.05) is 0 Å². The van der Waals surface area contributed by atoms with Gasteiger partial charge in [0.1, 0.15) is 0 Å². The number of nitrogens with zero attached hydrogens (tertiary/aromatic N) is 1. The van der Waals surface area contributed by atoms with Crippen molar-refractivity contribution in [3.05, 3.63) is 16.2 Å². The van der Waals surface area contributed by atoms with Gasteiger partial charge in [-0.25, -0.2) is 4.79 Å². The van der Waals surface area contributed by atoms with Crippen molar-refractivity contribution in [3.8, 4) is 5.88 Å². The smallest absolute Gasteiger partial charge is 0.328 e. The van der Waals surface area contributed by atoms with Crippen molar-refractivity contribution < 1.29 is 20.1 Å². The van der Waals surface area contributed by atoms with Crippen LogP contribution in [0.25, 0.3) is 0 Å². The fraction of sp³-hybridized carbons (Fsp3) is 0.789. The van der Waals surface area contributed by atoms with Gasteiger partial charge in [0.25, 0.3) is 0 Å². The number of aliphatic hydroxyl groups excluding tert-OH is 1. The summed E-state index contributed by atoms with van der Waals surface area (Å²) in [5.41, 5.74) is 0.248. The van der Waals surface area contributed by atoms with Crippen molar-refractivity contribution in [2.75, 3.05) is 0 Å². The summed E-state index contributed by atoms with van der Waals surface area (Å²) in [6.07, 6.45) is 9.63. The lowest BCUT2D eigenvalue weighted by Gasteiger charge is -2.16. The maximum absolute atomic E-state index is 12.0. The molecule has 4 N–H and O–H groups in total. The molecule has 0 spiro atoms. The number of carboxylic acid groups (broad SMARTS) is 1. The predicted molar refractivity (Wildman–Crippen MR) is 98.3 cm³/mol. The molecule has 0 amide bonds. The van der Waals surface area contributed by atoms with Gasteiger partial charge in [-0.15, -0.1) is 0 Å². The first-order valence-electron chi connectivity index (χ1n) is 9.88. The van der Waals surface area contributed by atoms with Crippen LogP contribution in [0.15, 0.2) is 4.79 Å². The Bertz CT molecular complexity index is 616. The van der Waals surface area contributed by atoms with Crippen LogP contribution >= 0.6 is 0 Å². The van der Waals surface area contributed by atoms with Gasteiger partial charge in [-0.1, -0.05) is 38.5 Å². The van der Waals surface area contributed by atoms with Crippen molar-refractivity contribution >= 4 is 5.97 Å². The van der Waals surface area contributed by atoms with Gasteiger partial charge in [-0.2, -0.15) is 0 Å². The number of rotatable bonds is 12. The summed E-state index contributed by atoms with van der Waals surface area (Å²) in [6, 6.07) is 0. The average Bonchev–Trinajstić information content (AvgIpc) is 3.17. The molecular formula is C19H32N2O5. The number of aromatic nitrogens is 2. The van der Waals surface area contributed by atoms with Crippen molar-refractivity contribution in [2.24, 2.45) is 5.92 Å². The van der Waals surface area contributed by atoms with Crippen LogP contribution in [-0.4, -0.2) is 36.9 Å². The number of aromatic hydroxyl groups is 1. The summed E-state index contributed by atoms with van der Waals surface area (Å²) >= 11 is 0. The highest BCUT2D eigenvalue weighted by atomic mass is 16.4. The lowest BCUT2D eigenvalue weighted by molar-refractivity contribution is -0.137. The summed E-state index contributed by atoms with van der Waals surface area (Å²) < 4.78 is 1.53. The minimum atomic E-state index is -0.779. The zero-order chi connectivity index (χ0) is 18.9. The number of aliphatic hydroxyl groups is 1. The summed E-state index contributed by atoms with van der Waals surface area (Å²) in [7, 11) is 0. The molecule has 1 saturated carbocycles. The number of hydrogen-bond donors (Lipinski definition) is 4. The molecule has 0 saturated heterocycles. The highest BCUT2D eigenvalue weighted by Crippen LogP contribution is 2.29. The second-order valence-corrected chi connectivity index (χ2v) is 7.51. The number of unbranched alkanes of at least 4 members (excludes halogenated alkanes) is 3. The van der Waals surface area contributed by atoms with E-state index in [9.17, 15) is 19.8 Å². The summed E-state index contributed by atoms with van der Waals surface area (Å²) in [5.74, 6) is -0.268. The Morgan fingerprint density at radius 2 is 1.88 bits per heavy atom. The number of hydrogen-bond acceptors (Lipinski definition) is 4.